The van der Waals surface area contributed by atoms with Crippen LogP contribution in [0.4, 0.5) is 0 Å². The van der Waals surface area contributed by atoms with Crippen molar-refractivity contribution in [1.82, 2.24) is 0 Å². The second-order valence-electron chi connectivity index (χ2n) is 9.09. The first-order valence-corrected chi connectivity index (χ1v) is 12.0. The van der Waals surface area contributed by atoms with Gasteiger partial charge in [-0.25, -0.2) is 0 Å². The van der Waals surface area contributed by atoms with Crippen LogP contribution in [0.5, 0.6) is 0 Å². The number of rotatable bonds is 8. The maximum Gasteiger partial charge on any atom is 0.338 e. The maximum atomic E-state index is 13.3. The van der Waals surface area contributed by atoms with Crippen LogP contribution in [-0.4, -0.2) is 46.4 Å². The summed E-state index contributed by atoms with van der Waals surface area (Å²) in [5, 5.41) is 10.6. The summed E-state index contributed by atoms with van der Waals surface area (Å²) in [7, 11) is -1.61. The van der Waals surface area contributed by atoms with Gasteiger partial charge in [0.1, 0.15) is 10.7 Å². The van der Waals surface area contributed by atoms with Crippen molar-refractivity contribution < 1.29 is 32.0 Å². The quantitative estimate of drug-likeness (QED) is 0.272. The summed E-state index contributed by atoms with van der Waals surface area (Å²) in [6, 6.07) is 6.31. The van der Waals surface area contributed by atoms with Crippen LogP contribution in [0.2, 0.25) is 0 Å². The van der Waals surface area contributed by atoms with Crippen LogP contribution in [-0.2, 0) is 28.6 Å². The Hall–Kier alpha value is -2.00. The molecule has 0 aliphatic heterocycles. The molecule has 0 spiro atoms. The van der Waals surface area contributed by atoms with E-state index in [-0.39, 0.29) is 29.1 Å². The summed E-state index contributed by atoms with van der Waals surface area (Å²) in [6.07, 6.45) is 5.04. The van der Waals surface area contributed by atoms with E-state index in [1.54, 1.807) is 32.1 Å². The molecule has 0 saturated heterocycles. The molecule has 32 heavy (non-hydrogen) atoms. The van der Waals surface area contributed by atoms with Crippen LogP contribution in [0, 0.1) is 29.6 Å². The molecular formula is C24H32O7S. The van der Waals surface area contributed by atoms with Gasteiger partial charge in [0.25, 0.3) is 0 Å². The van der Waals surface area contributed by atoms with Gasteiger partial charge in [0.2, 0.25) is 5.79 Å². The number of benzene rings is 1. The van der Waals surface area contributed by atoms with E-state index in [2.05, 4.69) is 6.92 Å². The first-order valence-electron chi connectivity index (χ1n) is 10.6. The third kappa shape index (κ3) is 3.36. The van der Waals surface area contributed by atoms with Gasteiger partial charge in [0.15, 0.2) is 6.29 Å². The fraction of sp³-hybridized carbons (Fsp3) is 0.542. The first-order chi connectivity index (χ1) is 15.0. The smallest absolute Gasteiger partial charge is 0.338 e. The van der Waals surface area contributed by atoms with Crippen molar-refractivity contribution in [3.8, 4) is 0 Å². The molecule has 0 amide bonds. The summed E-state index contributed by atoms with van der Waals surface area (Å²) in [5.41, 5.74) is -0.769. The molecule has 4 atom stereocenters. The van der Waals surface area contributed by atoms with E-state index in [4.69, 9.17) is 13.7 Å². The van der Waals surface area contributed by atoms with E-state index < -0.39 is 26.7 Å². The third-order valence-electron chi connectivity index (χ3n) is 7.53. The van der Waals surface area contributed by atoms with E-state index in [0.29, 0.717) is 6.29 Å². The molecule has 0 aromatic heterocycles. The van der Waals surface area contributed by atoms with Crippen LogP contribution in [0.25, 0.3) is 0 Å². The molecule has 1 aromatic rings. The molecule has 4 unspecified atom stereocenters. The lowest BCUT2D eigenvalue weighted by Crippen LogP contribution is -2.63. The summed E-state index contributed by atoms with van der Waals surface area (Å²) in [6.45, 7) is 6.97. The molecule has 1 aromatic carbocycles. The highest BCUT2D eigenvalue weighted by atomic mass is 32.2. The van der Waals surface area contributed by atoms with Crippen molar-refractivity contribution in [3.63, 3.8) is 0 Å². The molecule has 0 fully saturated rings. The number of ether oxygens (including phenoxy) is 2. The normalized spacial score (nSPS) is 30.3. The molecule has 0 saturated carbocycles. The summed E-state index contributed by atoms with van der Waals surface area (Å²) in [5.74, 6) is -1.86. The van der Waals surface area contributed by atoms with Crippen LogP contribution in [0.15, 0.2) is 52.6 Å². The van der Waals surface area contributed by atoms with Crippen LogP contribution >= 0.6 is 0 Å². The molecule has 0 radical (unpaired) electrons. The average Bonchev–Trinajstić information content (AvgIpc) is 3.14. The zero-order valence-electron chi connectivity index (χ0n) is 19.4. The molecule has 2 aliphatic rings. The number of aliphatic hydroxyl groups is 1. The Kier molecular flexibility index (Phi) is 6.47. The van der Waals surface area contributed by atoms with Crippen LogP contribution in [0.3, 0.4) is 0 Å². The largest absolute Gasteiger partial charge is 0.395 e. The second kappa shape index (κ2) is 8.41. The van der Waals surface area contributed by atoms with Gasteiger partial charge in [-0.15, -0.1) is 0 Å². The van der Waals surface area contributed by atoms with Crippen LogP contribution in [0.1, 0.15) is 32.8 Å². The highest BCUT2D eigenvalue weighted by molar-refractivity contribution is 7.86. The van der Waals surface area contributed by atoms with Crippen molar-refractivity contribution >= 4 is 16.4 Å². The summed E-state index contributed by atoms with van der Waals surface area (Å²) < 4.78 is 43.4. The molecule has 3 rings (SSSR count). The van der Waals surface area contributed by atoms with Crippen molar-refractivity contribution in [1.29, 1.82) is 0 Å². The number of aliphatic hydroxyl groups excluding tert-OH is 1. The zero-order chi connectivity index (χ0) is 23.9. The Morgan fingerprint density at radius 3 is 2.28 bits per heavy atom. The van der Waals surface area contributed by atoms with Gasteiger partial charge < -0.3 is 18.8 Å². The Bertz CT molecular complexity index is 1040. The van der Waals surface area contributed by atoms with Gasteiger partial charge in [-0.1, -0.05) is 43.2 Å². The van der Waals surface area contributed by atoms with Gasteiger partial charge in [-0.3, -0.25) is 4.79 Å². The molecule has 2 aliphatic carbocycles. The molecule has 1 N–H and O–H groups in total. The Balaban J connectivity index is 2.27. The number of aldehydes is 1. The SMILES string of the molecule is COC(C=O)(OC)C1(C)C(OS(=O)(=O)c2ccc(C)cc2)=CC2C(=CCC2C)C1(C)CO. The monoisotopic (exact) mass is 464 g/mol. The molecule has 7 nitrogen and oxygen atoms in total. The standard InChI is InChI=1S/C24H32O7S/c1-16-7-10-18(11-8-16)32(27,28)31-21-13-19-17(2)9-12-20(19)22(3,14-25)23(21,4)24(15-26,29-5)30-6/h7-8,10-13,15,17,19,25H,9,14H2,1-6H3. The van der Waals surface area contributed by atoms with E-state index in [1.165, 1.54) is 26.4 Å². The fourth-order valence-corrected chi connectivity index (χ4v) is 6.16. The van der Waals surface area contributed by atoms with E-state index in [9.17, 15) is 18.3 Å². The first kappa shape index (κ1) is 24.6. The van der Waals surface area contributed by atoms with Crippen molar-refractivity contribution in [2.75, 3.05) is 20.8 Å². The van der Waals surface area contributed by atoms with E-state index in [1.807, 2.05) is 13.0 Å². The minimum Gasteiger partial charge on any atom is -0.395 e. The van der Waals surface area contributed by atoms with Gasteiger partial charge in [0, 0.05) is 25.6 Å². The average molecular weight is 465 g/mol. The molecule has 0 heterocycles. The number of hydrogen-bond donors (Lipinski definition) is 1. The van der Waals surface area contributed by atoms with Gasteiger partial charge >= 0.3 is 10.1 Å². The lowest BCUT2D eigenvalue weighted by Gasteiger charge is -2.56. The number of hydrogen-bond acceptors (Lipinski definition) is 7. The van der Waals surface area contributed by atoms with E-state index in [0.717, 1.165) is 17.6 Å². The molecule has 8 heteroatoms. The van der Waals surface area contributed by atoms with Gasteiger partial charge in [0.05, 0.1) is 12.0 Å². The second-order valence-corrected chi connectivity index (χ2v) is 10.6. The Morgan fingerprint density at radius 2 is 1.78 bits per heavy atom. The van der Waals surface area contributed by atoms with E-state index >= 15 is 0 Å². The number of methoxy groups -OCH3 is 2. The topological polar surface area (TPSA) is 99.1 Å². The predicted octanol–water partition coefficient (Wildman–Crippen LogP) is 3.37. The highest BCUT2D eigenvalue weighted by Crippen LogP contribution is 2.64. The van der Waals surface area contributed by atoms with Crippen molar-refractivity contribution in [2.24, 2.45) is 22.7 Å². The van der Waals surface area contributed by atoms with Crippen molar-refractivity contribution in [2.45, 2.75) is 44.8 Å². The fourth-order valence-electron chi connectivity index (χ4n) is 5.13. The lowest BCUT2D eigenvalue weighted by molar-refractivity contribution is -0.269. The summed E-state index contributed by atoms with van der Waals surface area (Å²) >= 11 is 0. The number of fused-ring (bicyclic) bond motifs is 1. The van der Waals surface area contributed by atoms with Gasteiger partial charge in [-0.2, -0.15) is 8.42 Å². The number of carbonyl (C=O) groups excluding carboxylic acids is 1. The van der Waals surface area contributed by atoms with Crippen LogP contribution < -0.4 is 0 Å². The number of aryl methyl sites for hydroxylation is 1. The Morgan fingerprint density at radius 1 is 1.19 bits per heavy atom. The minimum absolute atomic E-state index is 0.00982. The highest BCUT2D eigenvalue weighted by Gasteiger charge is 2.68. The number of allylic oxidation sites excluding steroid dienone is 2. The zero-order valence-corrected chi connectivity index (χ0v) is 20.2. The molecular weight excluding hydrogens is 432 g/mol. The Labute approximate surface area is 190 Å². The van der Waals surface area contributed by atoms with Gasteiger partial charge in [-0.05, 0) is 44.4 Å². The summed E-state index contributed by atoms with van der Waals surface area (Å²) in [4.78, 5) is 12.4. The van der Waals surface area contributed by atoms with Crippen molar-refractivity contribution in [3.05, 3.63) is 53.3 Å². The maximum absolute atomic E-state index is 13.3. The number of carbonyl (C=O) groups is 1. The molecule has 0 bridgehead atoms. The minimum atomic E-state index is -4.23. The lowest BCUT2D eigenvalue weighted by atomic mass is 9.52. The molecule has 176 valence electrons. The predicted molar refractivity (Wildman–Crippen MR) is 119 cm³/mol. The third-order valence-corrected chi connectivity index (χ3v) is 8.78.